The third-order valence-corrected chi connectivity index (χ3v) is 2.98. The Morgan fingerprint density at radius 2 is 1.90 bits per heavy atom. The molecule has 0 bridgehead atoms. The Hall–Kier alpha value is -3.13. The zero-order valence-electron chi connectivity index (χ0n) is 11.6. The molecule has 21 heavy (non-hydrogen) atoms. The maximum atomic E-state index is 8.79. The van der Waals surface area contributed by atoms with Crippen molar-refractivity contribution >= 4 is 17.2 Å². The molecule has 0 heterocycles. The van der Waals surface area contributed by atoms with E-state index in [9.17, 15) is 0 Å². The zero-order valence-corrected chi connectivity index (χ0v) is 11.6. The van der Waals surface area contributed by atoms with Gasteiger partial charge in [0.25, 0.3) is 0 Å². The van der Waals surface area contributed by atoms with Crippen LogP contribution in [0.25, 0.3) is 11.1 Å². The molecule has 0 saturated carbocycles. The van der Waals surface area contributed by atoms with E-state index in [0.717, 1.165) is 22.4 Å². The Morgan fingerprint density at radius 3 is 2.48 bits per heavy atom. The predicted molar refractivity (Wildman–Crippen MR) is 85.2 cm³/mol. The monoisotopic (exact) mass is 277 g/mol. The molecule has 2 aromatic carbocycles. The van der Waals surface area contributed by atoms with Crippen molar-refractivity contribution in [3.63, 3.8) is 0 Å². The van der Waals surface area contributed by atoms with Gasteiger partial charge in [0.05, 0.1) is 5.69 Å². The van der Waals surface area contributed by atoms with Crippen molar-refractivity contribution in [3.05, 3.63) is 54.1 Å². The van der Waals surface area contributed by atoms with Crippen LogP contribution in [0.5, 0.6) is 0 Å². The lowest BCUT2D eigenvalue weighted by molar-refractivity contribution is 1.30. The molecule has 0 radical (unpaired) electrons. The summed E-state index contributed by atoms with van der Waals surface area (Å²) in [5.74, 6) is -0.358. The molecular weight excluding hydrogens is 262 g/mol. The molecule has 0 spiro atoms. The summed E-state index contributed by atoms with van der Waals surface area (Å²) in [6.07, 6.45) is 0. The number of nitrogens with zero attached hydrogens (tertiary/aromatic N) is 2. The summed E-state index contributed by atoms with van der Waals surface area (Å²) in [4.78, 5) is 0. The van der Waals surface area contributed by atoms with E-state index in [0.29, 0.717) is 0 Å². The first-order valence-electron chi connectivity index (χ1n) is 6.36. The Kier molecular flexibility index (Phi) is 4.32. The van der Waals surface area contributed by atoms with Crippen LogP contribution in [-0.2, 0) is 0 Å². The van der Waals surface area contributed by atoms with Crippen LogP contribution < -0.4 is 11.2 Å². The molecule has 0 aromatic heterocycles. The number of rotatable bonds is 4. The number of benzene rings is 2. The van der Waals surface area contributed by atoms with E-state index in [4.69, 9.17) is 16.4 Å². The van der Waals surface area contributed by atoms with E-state index in [1.54, 1.807) is 6.07 Å². The van der Waals surface area contributed by atoms with Gasteiger partial charge in [-0.25, -0.2) is 0 Å². The van der Waals surface area contributed by atoms with Gasteiger partial charge in [-0.15, -0.1) is 0 Å². The Morgan fingerprint density at radius 1 is 1.19 bits per heavy atom. The third-order valence-electron chi connectivity index (χ3n) is 2.98. The molecule has 2 aromatic rings. The van der Waals surface area contributed by atoms with Gasteiger partial charge in [-0.1, -0.05) is 36.4 Å². The number of hydrogen-bond donors (Lipinski definition) is 3. The molecule has 4 N–H and O–H groups in total. The van der Waals surface area contributed by atoms with E-state index < -0.39 is 0 Å². The van der Waals surface area contributed by atoms with Gasteiger partial charge >= 0.3 is 0 Å². The molecule has 104 valence electrons. The number of hydrazone groups is 1. The molecule has 0 atom stereocenters. The quantitative estimate of drug-likeness (QED) is 0.455. The highest BCUT2D eigenvalue weighted by atomic mass is 15.3. The SMILES string of the molecule is Cc1cc(-c2ccccc2)ccc1N/N=C(\C#N)C(=N)N. The number of nitrogens with two attached hydrogens (primary N) is 1. The molecule has 5 nitrogen and oxygen atoms in total. The van der Waals surface area contributed by atoms with Gasteiger partial charge in [-0.3, -0.25) is 10.8 Å². The fourth-order valence-corrected chi connectivity index (χ4v) is 1.86. The topological polar surface area (TPSA) is 98.0 Å². The van der Waals surface area contributed by atoms with Gasteiger partial charge in [0, 0.05) is 0 Å². The highest BCUT2D eigenvalue weighted by Crippen LogP contribution is 2.24. The Bertz CT molecular complexity index is 726. The number of amidine groups is 1. The fraction of sp³-hybridized carbons (Fsp3) is 0.0625. The van der Waals surface area contributed by atoms with Crippen LogP contribution in [0.4, 0.5) is 5.69 Å². The molecule has 2 rings (SSSR count). The smallest absolute Gasteiger partial charge is 0.201 e. The summed E-state index contributed by atoms with van der Waals surface area (Å²) in [6.45, 7) is 1.95. The van der Waals surface area contributed by atoms with Crippen LogP contribution in [0.1, 0.15) is 5.56 Å². The summed E-state index contributed by atoms with van der Waals surface area (Å²) < 4.78 is 0. The molecule has 5 heteroatoms. The second-order valence-corrected chi connectivity index (χ2v) is 4.49. The Balaban J connectivity index is 2.25. The predicted octanol–water partition coefficient (Wildman–Crippen LogP) is 2.89. The summed E-state index contributed by atoms with van der Waals surface area (Å²) in [5, 5.41) is 19.8. The molecule has 0 saturated heterocycles. The maximum Gasteiger partial charge on any atom is 0.201 e. The van der Waals surface area contributed by atoms with Gasteiger partial charge in [0.1, 0.15) is 6.07 Å². The minimum Gasteiger partial charge on any atom is -0.382 e. The van der Waals surface area contributed by atoms with Gasteiger partial charge in [-0.2, -0.15) is 10.4 Å². The first-order chi connectivity index (χ1) is 10.1. The summed E-state index contributed by atoms with van der Waals surface area (Å²) in [6, 6.07) is 17.7. The number of anilines is 1. The largest absolute Gasteiger partial charge is 0.382 e. The lowest BCUT2D eigenvalue weighted by atomic mass is 10.0. The minimum atomic E-state index is -0.358. The molecule has 0 aliphatic rings. The molecule has 0 unspecified atom stereocenters. The number of aryl methyl sites for hydroxylation is 1. The van der Waals surface area contributed by atoms with Crippen molar-refractivity contribution < 1.29 is 0 Å². The number of nitrogens with one attached hydrogen (secondary N) is 2. The molecule has 0 aliphatic heterocycles. The van der Waals surface area contributed by atoms with Crippen molar-refractivity contribution in [3.8, 4) is 17.2 Å². The Labute approximate surface area is 123 Å². The van der Waals surface area contributed by atoms with Crippen molar-refractivity contribution in [1.82, 2.24) is 0 Å². The van der Waals surface area contributed by atoms with Crippen LogP contribution in [0, 0.1) is 23.7 Å². The van der Waals surface area contributed by atoms with Crippen LogP contribution in [0.15, 0.2) is 53.6 Å². The first kappa shape index (κ1) is 14.3. The highest BCUT2D eigenvalue weighted by molar-refractivity contribution is 6.45. The summed E-state index contributed by atoms with van der Waals surface area (Å²) in [5.41, 5.74) is 11.9. The van der Waals surface area contributed by atoms with Crippen LogP contribution in [-0.4, -0.2) is 11.5 Å². The molecule has 0 aliphatic carbocycles. The summed E-state index contributed by atoms with van der Waals surface area (Å²) in [7, 11) is 0. The van der Waals surface area contributed by atoms with Gasteiger partial charge in [0.15, 0.2) is 5.84 Å². The average molecular weight is 277 g/mol. The van der Waals surface area contributed by atoms with Crippen LogP contribution in [0.3, 0.4) is 0 Å². The van der Waals surface area contributed by atoms with E-state index in [2.05, 4.69) is 10.5 Å². The van der Waals surface area contributed by atoms with Crippen molar-refractivity contribution in [2.24, 2.45) is 10.8 Å². The minimum absolute atomic E-state index is 0.137. The van der Waals surface area contributed by atoms with E-state index in [1.807, 2.05) is 55.5 Å². The molecule has 0 amide bonds. The zero-order chi connectivity index (χ0) is 15.2. The summed E-state index contributed by atoms with van der Waals surface area (Å²) >= 11 is 0. The first-order valence-corrected chi connectivity index (χ1v) is 6.36. The van der Waals surface area contributed by atoms with E-state index >= 15 is 0 Å². The lowest BCUT2D eigenvalue weighted by Crippen LogP contribution is -2.21. The number of nitriles is 1. The van der Waals surface area contributed by atoms with Gasteiger partial charge in [0.2, 0.25) is 5.71 Å². The van der Waals surface area contributed by atoms with E-state index in [-0.39, 0.29) is 11.5 Å². The second kappa shape index (κ2) is 6.35. The van der Waals surface area contributed by atoms with Gasteiger partial charge < -0.3 is 5.73 Å². The molecule has 0 fully saturated rings. The standard InChI is InChI=1S/C16H15N5/c1-11-9-13(12-5-3-2-4-6-12)7-8-14(11)20-21-15(10-17)16(18)19/h2-9,20H,1H3,(H3,18,19)/b21-15+. The molecular formula is C16H15N5. The van der Waals surface area contributed by atoms with E-state index in [1.165, 1.54) is 0 Å². The van der Waals surface area contributed by atoms with Crippen molar-refractivity contribution in [2.45, 2.75) is 6.92 Å². The van der Waals surface area contributed by atoms with Gasteiger partial charge in [-0.05, 0) is 35.7 Å². The lowest BCUT2D eigenvalue weighted by Gasteiger charge is -2.08. The maximum absolute atomic E-state index is 8.79. The highest BCUT2D eigenvalue weighted by Gasteiger charge is 2.04. The average Bonchev–Trinajstić information content (AvgIpc) is 2.49. The van der Waals surface area contributed by atoms with Crippen LogP contribution in [0.2, 0.25) is 0 Å². The third kappa shape index (κ3) is 3.45. The van der Waals surface area contributed by atoms with Crippen LogP contribution >= 0.6 is 0 Å². The fourth-order valence-electron chi connectivity index (χ4n) is 1.86. The second-order valence-electron chi connectivity index (χ2n) is 4.49. The number of hydrogen-bond acceptors (Lipinski definition) is 4. The van der Waals surface area contributed by atoms with Crippen molar-refractivity contribution in [1.29, 1.82) is 10.7 Å². The normalized spacial score (nSPS) is 10.8. The van der Waals surface area contributed by atoms with Crippen molar-refractivity contribution in [2.75, 3.05) is 5.43 Å².